The van der Waals surface area contributed by atoms with Gasteiger partial charge in [0.25, 0.3) is 5.56 Å². The molecule has 0 radical (unpaired) electrons. The van der Waals surface area contributed by atoms with Crippen LogP contribution in [0.5, 0.6) is 0 Å². The summed E-state index contributed by atoms with van der Waals surface area (Å²) in [6, 6.07) is 1.80. The lowest BCUT2D eigenvalue weighted by Gasteiger charge is -2.29. The monoisotopic (exact) mass is 226 g/mol. The van der Waals surface area contributed by atoms with Crippen molar-refractivity contribution >= 4 is 11.6 Å². The molecule has 0 aliphatic carbocycles. The zero-order valence-corrected chi connectivity index (χ0v) is 9.55. The van der Waals surface area contributed by atoms with Gasteiger partial charge >= 0.3 is 0 Å². The van der Waals surface area contributed by atoms with Crippen LogP contribution >= 0.6 is 11.6 Å². The molecule has 4 heteroatoms. The normalized spacial score (nSPS) is 22.9. The van der Waals surface area contributed by atoms with Gasteiger partial charge in [-0.05, 0) is 32.5 Å². The summed E-state index contributed by atoms with van der Waals surface area (Å²) in [5.41, 5.74) is 0.828. The van der Waals surface area contributed by atoms with Gasteiger partial charge in [-0.2, -0.15) is 0 Å². The van der Waals surface area contributed by atoms with Gasteiger partial charge in [0.05, 0.1) is 5.02 Å². The number of nitrogens with one attached hydrogen (secondary N) is 1. The number of rotatable bonds is 1. The Labute approximate surface area is 94.1 Å². The van der Waals surface area contributed by atoms with Crippen LogP contribution in [0.15, 0.2) is 17.1 Å². The highest BCUT2D eigenvalue weighted by Gasteiger charge is 2.21. The van der Waals surface area contributed by atoms with Crippen LogP contribution in [0.4, 0.5) is 0 Å². The summed E-state index contributed by atoms with van der Waals surface area (Å²) in [5, 5.41) is 0.609. The van der Waals surface area contributed by atoms with Gasteiger partial charge in [0.15, 0.2) is 0 Å². The van der Waals surface area contributed by atoms with Gasteiger partial charge in [-0.1, -0.05) is 11.6 Å². The second-order valence-electron chi connectivity index (χ2n) is 4.20. The Morgan fingerprint density at radius 1 is 1.60 bits per heavy atom. The third-order valence-electron chi connectivity index (χ3n) is 2.96. The molecule has 1 aromatic rings. The number of hydrogen-bond acceptors (Lipinski definition) is 2. The smallest absolute Gasteiger partial charge is 0.251 e. The average molecular weight is 227 g/mol. The quantitative estimate of drug-likeness (QED) is 0.793. The molecular weight excluding hydrogens is 212 g/mol. The molecule has 1 atom stereocenters. The summed E-state index contributed by atoms with van der Waals surface area (Å²) in [5.74, 6) is 0.325. The maximum Gasteiger partial charge on any atom is 0.251 e. The number of aromatic nitrogens is 1. The first kappa shape index (κ1) is 10.7. The maximum absolute atomic E-state index is 11.6. The summed E-state index contributed by atoms with van der Waals surface area (Å²) >= 11 is 5.89. The Morgan fingerprint density at radius 2 is 2.40 bits per heavy atom. The number of pyridine rings is 1. The minimum atomic E-state index is -0.000278. The van der Waals surface area contributed by atoms with E-state index < -0.39 is 0 Å². The molecule has 1 aliphatic heterocycles. The van der Waals surface area contributed by atoms with E-state index >= 15 is 0 Å². The van der Waals surface area contributed by atoms with Crippen molar-refractivity contribution in [2.24, 2.45) is 0 Å². The largest absolute Gasteiger partial charge is 0.327 e. The van der Waals surface area contributed by atoms with Gasteiger partial charge in [0.1, 0.15) is 0 Å². The van der Waals surface area contributed by atoms with E-state index in [1.165, 1.54) is 0 Å². The van der Waals surface area contributed by atoms with E-state index in [1.54, 1.807) is 12.3 Å². The minimum absolute atomic E-state index is 0.000278. The predicted octanol–water partition coefficient (Wildman–Crippen LogP) is 1.84. The Bertz CT molecular complexity index is 402. The van der Waals surface area contributed by atoms with Crippen LogP contribution in [0.25, 0.3) is 0 Å². The van der Waals surface area contributed by atoms with Crippen LogP contribution in [0.3, 0.4) is 0 Å². The Balaban J connectivity index is 2.28. The van der Waals surface area contributed by atoms with E-state index in [0.29, 0.717) is 10.9 Å². The fraction of sp³-hybridized carbons (Fsp3) is 0.545. The van der Waals surface area contributed by atoms with Crippen molar-refractivity contribution in [3.63, 3.8) is 0 Å². The van der Waals surface area contributed by atoms with E-state index in [9.17, 15) is 4.79 Å². The van der Waals surface area contributed by atoms with Gasteiger partial charge in [0, 0.05) is 24.2 Å². The molecule has 1 unspecified atom stereocenters. The standard InChI is InChI=1S/C11H15ClN2O/c1-14-4-2-3-8(7-14)10-5-9(12)6-13-11(10)15/h5-6,8H,2-4,7H2,1H3,(H,13,15). The molecule has 1 N–H and O–H groups in total. The summed E-state index contributed by atoms with van der Waals surface area (Å²) in [7, 11) is 2.09. The molecule has 1 aliphatic rings. The number of nitrogens with zero attached hydrogens (tertiary/aromatic N) is 1. The third-order valence-corrected chi connectivity index (χ3v) is 3.18. The molecule has 0 aromatic carbocycles. The van der Waals surface area contributed by atoms with Crippen LogP contribution in [0.1, 0.15) is 24.3 Å². The average Bonchev–Trinajstić information content (AvgIpc) is 2.22. The molecule has 0 amide bonds. The van der Waals surface area contributed by atoms with Crippen LogP contribution < -0.4 is 5.56 Å². The molecule has 82 valence electrons. The van der Waals surface area contributed by atoms with Crippen molar-refractivity contribution in [3.05, 3.63) is 33.2 Å². The predicted molar refractivity (Wildman–Crippen MR) is 61.5 cm³/mol. The zero-order valence-electron chi connectivity index (χ0n) is 8.79. The maximum atomic E-state index is 11.6. The zero-order chi connectivity index (χ0) is 10.8. The first-order valence-electron chi connectivity index (χ1n) is 5.23. The van der Waals surface area contributed by atoms with E-state index in [4.69, 9.17) is 11.6 Å². The molecule has 0 spiro atoms. The molecular formula is C11H15ClN2O. The van der Waals surface area contributed by atoms with E-state index in [0.717, 1.165) is 31.5 Å². The number of likely N-dealkylation sites (N-methyl/N-ethyl adjacent to an activating group) is 1. The molecule has 15 heavy (non-hydrogen) atoms. The summed E-state index contributed by atoms with van der Waals surface area (Å²) in [6.45, 7) is 2.07. The van der Waals surface area contributed by atoms with Crippen molar-refractivity contribution in [1.29, 1.82) is 0 Å². The lowest BCUT2D eigenvalue weighted by atomic mass is 9.92. The molecule has 0 bridgehead atoms. The second-order valence-corrected chi connectivity index (χ2v) is 4.64. The summed E-state index contributed by atoms with van der Waals surface area (Å²) < 4.78 is 0. The van der Waals surface area contributed by atoms with Gasteiger partial charge in [-0.25, -0.2) is 0 Å². The molecule has 1 saturated heterocycles. The van der Waals surface area contributed by atoms with Gasteiger partial charge in [-0.15, -0.1) is 0 Å². The van der Waals surface area contributed by atoms with Crippen molar-refractivity contribution in [2.75, 3.05) is 20.1 Å². The number of halogens is 1. The van der Waals surface area contributed by atoms with Crippen molar-refractivity contribution in [3.8, 4) is 0 Å². The molecule has 2 heterocycles. The number of likely N-dealkylation sites (tertiary alicyclic amines) is 1. The minimum Gasteiger partial charge on any atom is -0.327 e. The topological polar surface area (TPSA) is 36.1 Å². The highest BCUT2D eigenvalue weighted by atomic mass is 35.5. The highest BCUT2D eigenvalue weighted by molar-refractivity contribution is 6.30. The fourth-order valence-electron chi connectivity index (χ4n) is 2.20. The molecule has 2 rings (SSSR count). The summed E-state index contributed by atoms with van der Waals surface area (Å²) in [4.78, 5) is 16.6. The Hall–Kier alpha value is -0.800. The first-order chi connectivity index (χ1) is 7.16. The molecule has 1 fully saturated rings. The van der Waals surface area contributed by atoms with E-state index in [-0.39, 0.29) is 5.56 Å². The van der Waals surface area contributed by atoms with Crippen molar-refractivity contribution in [2.45, 2.75) is 18.8 Å². The molecule has 3 nitrogen and oxygen atoms in total. The summed E-state index contributed by atoms with van der Waals surface area (Å²) in [6.07, 6.45) is 3.76. The number of piperidine rings is 1. The van der Waals surface area contributed by atoms with Crippen LogP contribution in [-0.2, 0) is 0 Å². The Morgan fingerprint density at radius 3 is 3.13 bits per heavy atom. The Kier molecular flexibility index (Phi) is 3.12. The van der Waals surface area contributed by atoms with E-state index in [2.05, 4.69) is 16.9 Å². The van der Waals surface area contributed by atoms with Gasteiger partial charge < -0.3 is 9.88 Å². The second kappa shape index (κ2) is 4.37. The van der Waals surface area contributed by atoms with Crippen molar-refractivity contribution in [1.82, 2.24) is 9.88 Å². The SMILES string of the molecule is CN1CCCC(c2cc(Cl)c[nH]c2=O)C1. The molecule has 0 saturated carbocycles. The third kappa shape index (κ3) is 2.41. The van der Waals surface area contributed by atoms with Crippen LogP contribution in [0.2, 0.25) is 5.02 Å². The van der Waals surface area contributed by atoms with Crippen LogP contribution in [0, 0.1) is 0 Å². The number of aromatic amines is 1. The van der Waals surface area contributed by atoms with Gasteiger partial charge in [0.2, 0.25) is 0 Å². The number of H-pyrrole nitrogens is 1. The van der Waals surface area contributed by atoms with Gasteiger partial charge in [-0.3, -0.25) is 4.79 Å². The number of hydrogen-bond donors (Lipinski definition) is 1. The van der Waals surface area contributed by atoms with Crippen LogP contribution in [-0.4, -0.2) is 30.0 Å². The van der Waals surface area contributed by atoms with Crippen molar-refractivity contribution < 1.29 is 0 Å². The first-order valence-corrected chi connectivity index (χ1v) is 5.61. The molecule has 1 aromatic heterocycles. The lowest BCUT2D eigenvalue weighted by molar-refractivity contribution is 0.250. The highest BCUT2D eigenvalue weighted by Crippen LogP contribution is 2.24. The lowest BCUT2D eigenvalue weighted by Crippen LogP contribution is -2.33. The fourth-order valence-corrected chi connectivity index (χ4v) is 2.37. The van der Waals surface area contributed by atoms with E-state index in [1.807, 2.05) is 0 Å².